The lowest BCUT2D eigenvalue weighted by Crippen LogP contribution is -2.50. The minimum absolute atomic E-state index is 0.0112. The molecule has 4 rings (SSSR count). The summed E-state index contributed by atoms with van der Waals surface area (Å²) in [5.74, 6) is -6.40. The number of alkyl halides is 4. The Hall–Kier alpha value is -1.38. The highest BCUT2D eigenvalue weighted by Crippen LogP contribution is 2.65. The molecule has 0 bridgehead atoms. The van der Waals surface area contributed by atoms with Crippen LogP contribution in [0.2, 0.25) is 15.1 Å². The third kappa shape index (κ3) is 4.89. The van der Waals surface area contributed by atoms with Crippen molar-refractivity contribution < 1.29 is 22.8 Å². The Morgan fingerprint density at radius 3 is 2.15 bits per heavy atom. The molecule has 2 N–H and O–H groups in total. The highest BCUT2D eigenvalue weighted by atomic mass is 35.5. The number of hydrogen-bond acceptors (Lipinski definition) is 2. The highest BCUT2D eigenvalue weighted by molar-refractivity contribution is 6.53. The molecule has 2 aliphatic rings. The summed E-state index contributed by atoms with van der Waals surface area (Å²) < 4.78 is 38.3. The minimum atomic E-state index is -2.78. The van der Waals surface area contributed by atoms with Gasteiger partial charge in [0.05, 0.1) is 26.5 Å². The van der Waals surface area contributed by atoms with Crippen molar-refractivity contribution in [3.05, 3.63) is 62.3 Å². The van der Waals surface area contributed by atoms with E-state index in [1.165, 1.54) is 30.3 Å². The quantitative estimate of drug-likeness (QED) is 0.311. The number of halogens is 8. The van der Waals surface area contributed by atoms with E-state index in [2.05, 4.69) is 10.6 Å². The normalized spacial score (nSPS) is 22.9. The highest BCUT2D eigenvalue weighted by Gasteiger charge is 2.67. The van der Waals surface area contributed by atoms with E-state index in [0.717, 1.165) is 0 Å². The third-order valence-electron chi connectivity index (χ3n) is 5.61. The summed E-state index contributed by atoms with van der Waals surface area (Å²) in [5, 5.41) is 4.72. The van der Waals surface area contributed by atoms with Gasteiger partial charge in [-0.25, -0.2) is 13.2 Å². The molecule has 0 heterocycles. The summed E-state index contributed by atoms with van der Waals surface area (Å²) in [5.41, 5.74) is 0.626. The van der Waals surface area contributed by atoms with Crippen molar-refractivity contribution in [2.75, 3.05) is 5.32 Å². The van der Waals surface area contributed by atoms with Crippen LogP contribution in [0.4, 0.5) is 18.9 Å². The van der Waals surface area contributed by atoms with E-state index in [4.69, 9.17) is 58.0 Å². The molecule has 0 radical (unpaired) electrons. The predicted molar refractivity (Wildman–Crippen MR) is 123 cm³/mol. The molecule has 0 aromatic heterocycles. The van der Waals surface area contributed by atoms with Gasteiger partial charge < -0.3 is 10.6 Å². The van der Waals surface area contributed by atoms with Crippen molar-refractivity contribution in [2.45, 2.75) is 35.1 Å². The van der Waals surface area contributed by atoms with Gasteiger partial charge in [-0.1, -0.05) is 34.8 Å². The molecule has 2 aromatic carbocycles. The Bertz CT molecular complexity index is 1130. The van der Waals surface area contributed by atoms with Crippen LogP contribution in [-0.2, 0) is 4.79 Å². The number of carbonyl (C=O) groups excluding carboxylic acids is 2. The minimum Gasteiger partial charge on any atom is -0.349 e. The van der Waals surface area contributed by atoms with Gasteiger partial charge in [-0.05, 0) is 35.9 Å². The largest absolute Gasteiger partial charge is 0.349 e. The zero-order chi connectivity index (χ0) is 24.3. The molecule has 2 fully saturated rings. The van der Waals surface area contributed by atoms with Crippen molar-refractivity contribution in [3.8, 4) is 0 Å². The summed E-state index contributed by atoms with van der Waals surface area (Å²) >= 11 is 30.3. The van der Waals surface area contributed by atoms with Gasteiger partial charge in [-0.3, -0.25) is 9.59 Å². The van der Waals surface area contributed by atoms with Crippen LogP contribution < -0.4 is 10.6 Å². The van der Waals surface area contributed by atoms with Crippen molar-refractivity contribution in [1.82, 2.24) is 5.32 Å². The summed E-state index contributed by atoms with van der Waals surface area (Å²) in [6.07, 6.45) is -0.887. The van der Waals surface area contributed by atoms with Crippen LogP contribution in [-0.4, -0.2) is 28.1 Å². The lowest BCUT2D eigenvalue weighted by molar-refractivity contribution is -0.117. The van der Waals surface area contributed by atoms with Crippen LogP contribution >= 0.6 is 58.0 Å². The second-order valence-electron chi connectivity index (χ2n) is 8.05. The average Bonchev–Trinajstić information content (AvgIpc) is 3.27. The summed E-state index contributed by atoms with van der Waals surface area (Å²) in [6.45, 7) is 0. The fourth-order valence-electron chi connectivity index (χ4n) is 3.85. The van der Waals surface area contributed by atoms with E-state index in [-0.39, 0.29) is 26.3 Å². The Balaban J connectivity index is 1.47. The van der Waals surface area contributed by atoms with Gasteiger partial charge in [0, 0.05) is 30.5 Å². The number of rotatable bonds is 5. The monoisotopic (exact) mass is 558 g/mol. The van der Waals surface area contributed by atoms with E-state index in [1.807, 2.05) is 0 Å². The summed E-state index contributed by atoms with van der Waals surface area (Å²) in [6, 6.07) is 6.11. The molecule has 2 atom stereocenters. The molecule has 12 heteroatoms. The number of carbonyl (C=O) groups is 2. The standard InChI is InChI=1S/C21H14Cl5F3N2O2/c22-12-2-1-9(5-11(12)18(32)31-10-6-20(28,29)7-10)30-19(33)16-15(21(16,25)26)8-3-13(23)17(27)14(24)4-8/h1-5,10,15-16H,6-7H2,(H,30,33)(H,31,32). The number of amides is 2. The van der Waals surface area contributed by atoms with Gasteiger partial charge in [0.25, 0.3) is 11.8 Å². The first-order valence-electron chi connectivity index (χ1n) is 9.61. The first-order chi connectivity index (χ1) is 15.3. The maximum absolute atomic E-state index is 13.7. The molecule has 176 valence electrons. The molecule has 4 nitrogen and oxygen atoms in total. The molecule has 2 amide bonds. The van der Waals surface area contributed by atoms with Crippen LogP contribution in [0.25, 0.3) is 0 Å². The van der Waals surface area contributed by atoms with Crippen LogP contribution in [0.3, 0.4) is 0 Å². The van der Waals surface area contributed by atoms with Gasteiger partial charge in [-0.15, -0.1) is 23.2 Å². The average molecular weight is 561 g/mol. The van der Waals surface area contributed by atoms with Crippen LogP contribution in [0.5, 0.6) is 0 Å². The summed E-state index contributed by atoms with van der Waals surface area (Å²) in [4.78, 5) is 25.3. The maximum atomic E-state index is 13.7. The van der Waals surface area contributed by atoms with Crippen molar-refractivity contribution in [3.63, 3.8) is 0 Å². The fourth-order valence-corrected chi connectivity index (χ4v) is 5.38. The Labute approximate surface area is 211 Å². The van der Waals surface area contributed by atoms with E-state index >= 15 is 0 Å². The van der Waals surface area contributed by atoms with E-state index in [1.54, 1.807) is 0 Å². The third-order valence-corrected chi connectivity index (χ3v) is 7.43. The van der Waals surface area contributed by atoms with Gasteiger partial charge in [0.2, 0.25) is 5.91 Å². The fraction of sp³-hybridized carbons (Fsp3) is 0.333. The molecule has 0 saturated heterocycles. The lowest BCUT2D eigenvalue weighted by atomic mass is 9.88. The Morgan fingerprint density at radius 2 is 1.58 bits per heavy atom. The molecule has 2 saturated carbocycles. The number of nitrogens with one attached hydrogen (secondary N) is 2. The number of hydrogen-bond donors (Lipinski definition) is 2. The Morgan fingerprint density at radius 1 is 0.970 bits per heavy atom. The topological polar surface area (TPSA) is 58.2 Å². The van der Waals surface area contributed by atoms with Crippen LogP contribution in [0, 0.1) is 11.7 Å². The zero-order valence-electron chi connectivity index (χ0n) is 16.4. The molecule has 2 aliphatic carbocycles. The number of benzene rings is 2. The smallest absolute Gasteiger partial charge is 0.253 e. The lowest BCUT2D eigenvalue weighted by Gasteiger charge is -2.35. The van der Waals surface area contributed by atoms with Crippen LogP contribution in [0.1, 0.15) is 34.7 Å². The van der Waals surface area contributed by atoms with Gasteiger partial charge in [0.1, 0.15) is 4.33 Å². The second-order valence-corrected chi connectivity index (χ2v) is 10.7. The van der Waals surface area contributed by atoms with Gasteiger partial charge in [-0.2, -0.15) is 0 Å². The molecular formula is C21H14Cl5F3N2O2. The van der Waals surface area contributed by atoms with Crippen LogP contribution in [0.15, 0.2) is 30.3 Å². The summed E-state index contributed by atoms with van der Waals surface area (Å²) in [7, 11) is 0. The molecule has 0 aliphatic heterocycles. The van der Waals surface area contributed by atoms with Gasteiger partial charge >= 0.3 is 0 Å². The van der Waals surface area contributed by atoms with E-state index in [9.17, 15) is 22.8 Å². The molecule has 2 unspecified atom stereocenters. The van der Waals surface area contributed by atoms with E-state index in [0.29, 0.717) is 5.56 Å². The maximum Gasteiger partial charge on any atom is 0.253 e. The van der Waals surface area contributed by atoms with Crippen molar-refractivity contribution in [2.24, 2.45) is 5.92 Å². The molecule has 2 aromatic rings. The zero-order valence-corrected chi connectivity index (χ0v) is 20.2. The van der Waals surface area contributed by atoms with E-state index < -0.39 is 58.6 Å². The molecular weight excluding hydrogens is 547 g/mol. The predicted octanol–water partition coefficient (Wildman–Crippen LogP) is 6.84. The number of anilines is 1. The SMILES string of the molecule is O=C(NC1CC(F)(F)C1)c1cc(NC(=O)C2C(c3cc(Cl)c(F)c(Cl)c3)C2(Cl)Cl)ccc1Cl. The second kappa shape index (κ2) is 8.68. The van der Waals surface area contributed by atoms with Gasteiger partial charge in [0.15, 0.2) is 5.82 Å². The van der Waals surface area contributed by atoms with Crippen molar-refractivity contribution >= 4 is 75.5 Å². The molecule has 33 heavy (non-hydrogen) atoms. The first-order valence-corrected chi connectivity index (χ1v) is 11.5. The van der Waals surface area contributed by atoms with Crippen molar-refractivity contribution in [1.29, 1.82) is 0 Å². The molecule has 0 spiro atoms. The first kappa shape index (κ1) is 24.7. The Kier molecular flexibility index (Phi) is 6.51.